The highest BCUT2D eigenvalue weighted by molar-refractivity contribution is 6.31. The zero-order valence-electron chi connectivity index (χ0n) is 13.9. The molecule has 1 saturated carbocycles. The van der Waals surface area contributed by atoms with Gasteiger partial charge in [-0.25, -0.2) is 4.39 Å². The average Bonchev–Trinajstić information content (AvgIpc) is 2.50. The van der Waals surface area contributed by atoms with Crippen molar-refractivity contribution in [1.82, 2.24) is 5.32 Å². The minimum atomic E-state index is -1.08. The molecule has 23 heavy (non-hydrogen) atoms. The summed E-state index contributed by atoms with van der Waals surface area (Å²) >= 11 is 5.83. The van der Waals surface area contributed by atoms with E-state index in [1.54, 1.807) is 13.0 Å². The summed E-state index contributed by atoms with van der Waals surface area (Å²) in [5, 5.41) is 13.2. The summed E-state index contributed by atoms with van der Waals surface area (Å²) in [5.74, 6) is -1.33. The van der Waals surface area contributed by atoms with Crippen LogP contribution >= 0.6 is 11.6 Å². The van der Waals surface area contributed by atoms with Crippen LogP contribution in [0.15, 0.2) is 12.1 Å². The fourth-order valence-electron chi connectivity index (χ4n) is 2.90. The number of amides is 1. The molecule has 128 valence electrons. The van der Waals surface area contributed by atoms with Gasteiger partial charge in [0, 0.05) is 25.0 Å². The number of hydrogen-bond donors (Lipinski definition) is 2. The highest BCUT2D eigenvalue weighted by atomic mass is 35.5. The van der Waals surface area contributed by atoms with E-state index in [-0.39, 0.29) is 23.2 Å². The van der Waals surface area contributed by atoms with Crippen molar-refractivity contribution in [2.75, 3.05) is 13.2 Å². The number of aryl methyl sites for hydroxylation is 1. The molecule has 2 unspecified atom stereocenters. The molecule has 1 amide bonds. The van der Waals surface area contributed by atoms with Crippen LogP contribution in [0.3, 0.4) is 0 Å². The van der Waals surface area contributed by atoms with Crippen LogP contribution in [-0.4, -0.2) is 35.9 Å². The van der Waals surface area contributed by atoms with Gasteiger partial charge in [0.15, 0.2) is 5.82 Å². The zero-order chi connectivity index (χ0) is 17.4. The molecule has 2 atom stereocenters. The predicted octanol–water partition coefficient (Wildman–Crippen LogP) is 3.08. The Morgan fingerprint density at radius 3 is 2.74 bits per heavy atom. The third kappa shape index (κ3) is 3.10. The maximum Gasteiger partial charge on any atom is 0.254 e. The van der Waals surface area contributed by atoms with Gasteiger partial charge in [0.05, 0.1) is 22.3 Å². The molecule has 4 nitrogen and oxygen atoms in total. The lowest BCUT2D eigenvalue weighted by molar-refractivity contribution is -0.237. The fourth-order valence-corrected chi connectivity index (χ4v) is 3.07. The molecule has 0 aromatic heterocycles. The van der Waals surface area contributed by atoms with Crippen LogP contribution in [0.25, 0.3) is 0 Å². The largest absolute Gasteiger partial charge is 0.387 e. The molecule has 1 aliphatic rings. The smallest absolute Gasteiger partial charge is 0.254 e. The van der Waals surface area contributed by atoms with Crippen molar-refractivity contribution < 1.29 is 19.0 Å². The molecule has 1 fully saturated rings. The molecule has 0 saturated heterocycles. The summed E-state index contributed by atoms with van der Waals surface area (Å²) < 4.78 is 19.6. The molecule has 0 aliphatic heterocycles. The molecule has 0 heterocycles. The summed E-state index contributed by atoms with van der Waals surface area (Å²) in [6, 6.07) is 2.98. The van der Waals surface area contributed by atoms with Gasteiger partial charge in [0.25, 0.3) is 5.91 Å². The second-order valence-corrected chi connectivity index (χ2v) is 7.02. The number of halogens is 2. The first-order valence-electron chi connectivity index (χ1n) is 7.71. The highest BCUT2D eigenvalue weighted by Crippen LogP contribution is 2.50. The Morgan fingerprint density at radius 1 is 1.52 bits per heavy atom. The average molecular weight is 344 g/mol. The first-order valence-corrected chi connectivity index (χ1v) is 8.08. The molecule has 6 heteroatoms. The number of hydrogen-bond acceptors (Lipinski definition) is 3. The topological polar surface area (TPSA) is 58.6 Å². The Bertz CT molecular complexity index is 620. The molecule has 1 aliphatic carbocycles. The van der Waals surface area contributed by atoms with Crippen LogP contribution in [0.2, 0.25) is 5.02 Å². The van der Waals surface area contributed by atoms with Crippen LogP contribution in [0.1, 0.15) is 43.1 Å². The number of aliphatic hydroxyl groups is 1. The van der Waals surface area contributed by atoms with Crippen molar-refractivity contribution in [2.45, 2.75) is 45.8 Å². The van der Waals surface area contributed by atoms with Crippen molar-refractivity contribution >= 4 is 17.5 Å². The summed E-state index contributed by atoms with van der Waals surface area (Å²) in [4.78, 5) is 12.2. The number of carbonyl (C=O) groups is 1. The molecule has 2 N–H and O–H groups in total. The monoisotopic (exact) mass is 343 g/mol. The Labute approximate surface area is 141 Å². The number of carbonyl (C=O) groups excluding carboxylic acids is 1. The van der Waals surface area contributed by atoms with Gasteiger partial charge in [-0.15, -0.1) is 0 Å². The van der Waals surface area contributed by atoms with Crippen LogP contribution in [0.5, 0.6) is 0 Å². The minimum absolute atomic E-state index is 0.0351. The van der Waals surface area contributed by atoms with Gasteiger partial charge in [0.1, 0.15) is 0 Å². The summed E-state index contributed by atoms with van der Waals surface area (Å²) in [6.07, 6.45) is 0.380. The third-order valence-corrected chi connectivity index (χ3v) is 5.42. The van der Waals surface area contributed by atoms with Crippen molar-refractivity contribution in [3.8, 4) is 0 Å². The van der Waals surface area contributed by atoms with Gasteiger partial charge < -0.3 is 15.2 Å². The van der Waals surface area contributed by atoms with E-state index in [1.807, 2.05) is 20.8 Å². The highest BCUT2D eigenvalue weighted by Gasteiger charge is 2.59. The molecule has 1 aromatic carbocycles. The maximum atomic E-state index is 14.1. The molecule has 0 radical (unpaired) electrons. The Kier molecular flexibility index (Phi) is 5.04. The molecule has 1 aromatic rings. The van der Waals surface area contributed by atoms with Crippen LogP contribution in [0, 0.1) is 18.2 Å². The lowest BCUT2D eigenvalue weighted by atomic mass is 9.56. The Balaban J connectivity index is 2.04. The van der Waals surface area contributed by atoms with Gasteiger partial charge in [-0.1, -0.05) is 31.5 Å². The summed E-state index contributed by atoms with van der Waals surface area (Å²) in [7, 11) is 0. The molecular formula is C17H23ClFNO3. The SMILES string of the molecule is CCOC1CC(O)(CNC(=O)c2ccc(C)c(Cl)c2F)C1(C)C. The first kappa shape index (κ1) is 18.2. The lowest BCUT2D eigenvalue weighted by Gasteiger charge is -2.57. The second-order valence-electron chi connectivity index (χ2n) is 6.64. The van der Waals surface area contributed by atoms with E-state index >= 15 is 0 Å². The van der Waals surface area contributed by atoms with Gasteiger partial charge in [-0.3, -0.25) is 4.79 Å². The van der Waals surface area contributed by atoms with E-state index in [2.05, 4.69) is 5.32 Å². The van der Waals surface area contributed by atoms with Gasteiger partial charge in [0.2, 0.25) is 0 Å². The molecular weight excluding hydrogens is 321 g/mol. The number of nitrogens with one attached hydrogen (secondary N) is 1. The number of rotatable bonds is 5. The first-order chi connectivity index (χ1) is 10.6. The van der Waals surface area contributed by atoms with Crippen LogP contribution < -0.4 is 5.32 Å². The van der Waals surface area contributed by atoms with Crippen LogP contribution in [-0.2, 0) is 4.74 Å². The predicted molar refractivity (Wildman–Crippen MR) is 87.2 cm³/mol. The van der Waals surface area contributed by atoms with Crippen molar-refractivity contribution in [3.05, 3.63) is 34.1 Å². The number of benzene rings is 1. The molecule has 2 rings (SSSR count). The van der Waals surface area contributed by atoms with Crippen molar-refractivity contribution in [2.24, 2.45) is 5.41 Å². The summed E-state index contributed by atoms with van der Waals surface area (Å²) in [6.45, 7) is 7.97. The quantitative estimate of drug-likeness (QED) is 0.863. The second kappa shape index (κ2) is 6.38. The van der Waals surface area contributed by atoms with Gasteiger partial charge in [-0.05, 0) is 25.5 Å². The number of ether oxygens (including phenoxy) is 1. The lowest BCUT2D eigenvalue weighted by Crippen LogP contribution is -2.68. The fraction of sp³-hybridized carbons (Fsp3) is 0.588. The minimum Gasteiger partial charge on any atom is -0.387 e. The van der Waals surface area contributed by atoms with E-state index in [0.29, 0.717) is 18.6 Å². The van der Waals surface area contributed by atoms with Gasteiger partial charge >= 0.3 is 0 Å². The van der Waals surface area contributed by atoms with Gasteiger partial charge in [-0.2, -0.15) is 0 Å². The van der Waals surface area contributed by atoms with E-state index in [0.717, 1.165) is 0 Å². The van der Waals surface area contributed by atoms with E-state index in [9.17, 15) is 14.3 Å². The Hall–Kier alpha value is -1.17. The normalized spacial score (nSPS) is 25.8. The maximum absolute atomic E-state index is 14.1. The Morgan fingerprint density at radius 2 is 2.17 bits per heavy atom. The van der Waals surface area contributed by atoms with E-state index in [4.69, 9.17) is 16.3 Å². The molecule has 0 bridgehead atoms. The van der Waals surface area contributed by atoms with Crippen LogP contribution in [0.4, 0.5) is 4.39 Å². The van der Waals surface area contributed by atoms with E-state index in [1.165, 1.54) is 6.07 Å². The van der Waals surface area contributed by atoms with E-state index < -0.39 is 22.7 Å². The zero-order valence-corrected chi connectivity index (χ0v) is 14.6. The van der Waals surface area contributed by atoms with Crippen molar-refractivity contribution in [1.29, 1.82) is 0 Å². The third-order valence-electron chi connectivity index (χ3n) is 4.96. The molecule has 0 spiro atoms. The summed E-state index contributed by atoms with van der Waals surface area (Å²) in [5.41, 5.74) is -1.12. The standard InChI is InChI=1S/C17H23ClFNO3/c1-5-23-12-8-17(22,16(12,3)4)9-20-15(21)11-7-6-10(2)13(18)14(11)19/h6-7,12,22H,5,8-9H2,1-4H3,(H,20,21). The van der Waals surface area contributed by atoms with Crippen molar-refractivity contribution in [3.63, 3.8) is 0 Å².